The van der Waals surface area contributed by atoms with Gasteiger partial charge < -0.3 is 10.2 Å². The Balaban J connectivity index is 1.71. The molecule has 0 heterocycles. The second-order valence-electron chi connectivity index (χ2n) is 10.2. The highest BCUT2D eigenvalue weighted by molar-refractivity contribution is 7.92. The first-order valence-electron chi connectivity index (χ1n) is 13.7. The van der Waals surface area contributed by atoms with Crippen LogP contribution in [0.25, 0.3) is 0 Å². The van der Waals surface area contributed by atoms with Crippen molar-refractivity contribution >= 4 is 27.5 Å². The van der Waals surface area contributed by atoms with E-state index in [1.165, 1.54) is 35.2 Å². The van der Waals surface area contributed by atoms with Gasteiger partial charge in [0.05, 0.1) is 10.6 Å². The molecule has 9 heteroatoms. The topological polar surface area (TPSA) is 86.8 Å². The number of hydrogen-bond acceptors (Lipinski definition) is 4. The highest BCUT2D eigenvalue weighted by Gasteiger charge is 2.35. The maximum absolute atomic E-state index is 15.0. The lowest BCUT2D eigenvalue weighted by atomic mass is 10.1. The molecule has 0 saturated heterocycles. The van der Waals surface area contributed by atoms with Gasteiger partial charge in [0.25, 0.3) is 10.0 Å². The van der Waals surface area contributed by atoms with Gasteiger partial charge in [0.1, 0.15) is 18.4 Å². The minimum atomic E-state index is -4.32. The molecule has 1 atom stereocenters. The fourth-order valence-electron chi connectivity index (χ4n) is 5.07. The maximum Gasteiger partial charge on any atom is 0.264 e. The van der Waals surface area contributed by atoms with Gasteiger partial charge in [-0.3, -0.25) is 13.9 Å². The average Bonchev–Trinajstić information content (AvgIpc) is 3.46. The van der Waals surface area contributed by atoms with E-state index >= 15 is 4.39 Å². The van der Waals surface area contributed by atoms with Crippen molar-refractivity contribution in [3.8, 4) is 0 Å². The monoisotopic (exact) mass is 565 g/mol. The highest BCUT2D eigenvalue weighted by Crippen LogP contribution is 2.27. The van der Waals surface area contributed by atoms with Crippen molar-refractivity contribution < 1.29 is 22.4 Å². The third kappa shape index (κ3) is 6.88. The van der Waals surface area contributed by atoms with E-state index in [4.69, 9.17) is 0 Å². The van der Waals surface area contributed by atoms with Gasteiger partial charge in [0.15, 0.2) is 0 Å². The quantitative estimate of drug-likeness (QED) is 0.347. The molecule has 1 aliphatic carbocycles. The summed E-state index contributed by atoms with van der Waals surface area (Å²) in [5, 5.41) is 3.08. The average molecular weight is 566 g/mol. The first kappa shape index (κ1) is 29.3. The van der Waals surface area contributed by atoms with Crippen LogP contribution >= 0.6 is 0 Å². The number of carbonyl (C=O) groups excluding carboxylic acids is 2. The van der Waals surface area contributed by atoms with Crippen LogP contribution in [0.4, 0.5) is 10.1 Å². The van der Waals surface area contributed by atoms with E-state index in [2.05, 4.69) is 5.32 Å². The Hall–Kier alpha value is -3.72. The lowest BCUT2D eigenvalue weighted by molar-refractivity contribution is -0.140. The van der Waals surface area contributed by atoms with Gasteiger partial charge in [0.2, 0.25) is 11.8 Å². The molecule has 212 valence electrons. The van der Waals surface area contributed by atoms with Crippen LogP contribution in [-0.4, -0.2) is 43.8 Å². The zero-order valence-corrected chi connectivity index (χ0v) is 23.7. The van der Waals surface area contributed by atoms with E-state index in [9.17, 15) is 18.0 Å². The first-order valence-corrected chi connectivity index (χ1v) is 15.1. The SMILES string of the molecule is CC[C@H](C(=O)NC1CCCC1)N(Cc1ccccc1)C(=O)CN(c1ccccc1F)S(=O)(=O)c1ccc(C)cc1. The molecule has 1 saturated carbocycles. The second-order valence-corrected chi connectivity index (χ2v) is 12.1. The Morgan fingerprint density at radius 2 is 1.57 bits per heavy atom. The van der Waals surface area contributed by atoms with E-state index in [1.54, 1.807) is 12.1 Å². The van der Waals surface area contributed by atoms with E-state index < -0.39 is 34.3 Å². The molecule has 4 rings (SSSR count). The molecule has 0 aliphatic heterocycles. The van der Waals surface area contributed by atoms with Crippen LogP contribution in [0.15, 0.2) is 83.8 Å². The Bertz CT molecular complexity index is 1410. The summed E-state index contributed by atoms with van der Waals surface area (Å²) in [5.41, 5.74) is 1.42. The number of nitrogens with zero attached hydrogens (tertiary/aromatic N) is 2. The third-order valence-electron chi connectivity index (χ3n) is 7.29. The minimum Gasteiger partial charge on any atom is -0.352 e. The van der Waals surface area contributed by atoms with Crippen LogP contribution in [-0.2, 0) is 26.2 Å². The van der Waals surface area contributed by atoms with Crippen molar-refractivity contribution in [1.29, 1.82) is 0 Å². The molecule has 0 radical (unpaired) electrons. The summed E-state index contributed by atoms with van der Waals surface area (Å²) >= 11 is 0. The van der Waals surface area contributed by atoms with Crippen molar-refractivity contribution in [3.05, 3.63) is 95.8 Å². The van der Waals surface area contributed by atoms with E-state index in [-0.39, 0.29) is 29.1 Å². The lowest BCUT2D eigenvalue weighted by Crippen LogP contribution is -2.53. The number of hydrogen-bond donors (Lipinski definition) is 1. The summed E-state index contributed by atoms with van der Waals surface area (Å²) in [5.74, 6) is -1.64. The van der Waals surface area contributed by atoms with Crippen LogP contribution in [0.5, 0.6) is 0 Å². The Morgan fingerprint density at radius 3 is 2.20 bits per heavy atom. The summed E-state index contributed by atoms with van der Waals surface area (Å²) in [6, 6.07) is 20.1. The Labute approximate surface area is 236 Å². The van der Waals surface area contributed by atoms with Gasteiger partial charge in [-0.05, 0) is 56.0 Å². The Morgan fingerprint density at radius 1 is 0.950 bits per heavy atom. The summed E-state index contributed by atoms with van der Waals surface area (Å²) in [6.07, 6.45) is 4.21. The normalized spacial score (nSPS) is 14.5. The maximum atomic E-state index is 15.0. The van der Waals surface area contributed by atoms with Gasteiger partial charge in [-0.1, -0.05) is 79.9 Å². The molecule has 3 aromatic rings. The number of halogens is 1. The second kappa shape index (κ2) is 13.1. The number of nitrogens with one attached hydrogen (secondary N) is 1. The van der Waals surface area contributed by atoms with Crippen molar-refractivity contribution in [2.45, 2.75) is 69.5 Å². The number of para-hydroxylation sites is 1. The number of rotatable bonds is 11. The summed E-state index contributed by atoms with van der Waals surface area (Å²) < 4.78 is 43.5. The number of carbonyl (C=O) groups is 2. The Kier molecular flexibility index (Phi) is 9.58. The van der Waals surface area contributed by atoms with Gasteiger partial charge in [-0.15, -0.1) is 0 Å². The minimum absolute atomic E-state index is 0.0604. The van der Waals surface area contributed by atoms with Gasteiger partial charge >= 0.3 is 0 Å². The number of amides is 2. The zero-order valence-electron chi connectivity index (χ0n) is 22.9. The van der Waals surface area contributed by atoms with Crippen molar-refractivity contribution in [1.82, 2.24) is 10.2 Å². The summed E-state index contributed by atoms with van der Waals surface area (Å²) in [6.45, 7) is 3.09. The van der Waals surface area contributed by atoms with Crippen LogP contribution in [0.2, 0.25) is 0 Å². The molecule has 0 bridgehead atoms. The molecule has 1 fully saturated rings. The predicted octanol–water partition coefficient (Wildman–Crippen LogP) is 5.20. The highest BCUT2D eigenvalue weighted by atomic mass is 32.2. The number of aryl methyl sites for hydroxylation is 1. The molecule has 1 N–H and O–H groups in total. The van der Waals surface area contributed by atoms with Crippen molar-refractivity contribution in [2.75, 3.05) is 10.8 Å². The van der Waals surface area contributed by atoms with Gasteiger partial charge in [-0.25, -0.2) is 12.8 Å². The fourth-order valence-corrected chi connectivity index (χ4v) is 6.49. The zero-order chi connectivity index (χ0) is 28.7. The smallest absolute Gasteiger partial charge is 0.264 e. The molecule has 0 aromatic heterocycles. The van der Waals surface area contributed by atoms with Crippen molar-refractivity contribution in [3.63, 3.8) is 0 Å². The molecule has 40 heavy (non-hydrogen) atoms. The number of sulfonamides is 1. The fraction of sp³-hybridized carbons (Fsp3) is 0.355. The molecule has 0 spiro atoms. The third-order valence-corrected chi connectivity index (χ3v) is 9.07. The van der Waals surface area contributed by atoms with E-state index in [0.29, 0.717) is 6.42 Å². The molecular formula is C31H36FN3O4S. The van der Waals surface area contributed by atoms with E-state index in [0.717, 1.165) is 47.2 Å². The molecule has 7 nitrogen and oxygen atoms in total. The molecule has 2 amide bonds. The molecule has 3 aromatic carbocycles. The van der Waals surface area contributed by atoms with Crippen LogP contribution < -0.4 is 9.62 Å². The van der Waals surface area contributed by atoms with E-state index in [1.807, 2.05) is 44.2 Å². The number of anilines is 1. The van der Waals surface area contributed by atoms with Crippen LogP contribution in [0, 0.1) is 12.7 Å². The largest absolute Gasteiger partial charge is 0.352 e. The lowest BCUT2D eigenvalue weighted by Gasteiger charge is -2.33. The van der Waals surface area contributed by atoms with Crippen LogP contribution in [0.1, 0.15) is 50.2 Å². The summed E-state index contributed by atoms with van der Waals surface area (Å²) in [4.78, 5) is 28.8. The molecule has 0 unspecified atom stereocenters. The standard InChI is InChI=1S/C31H36FN3O4S/c1-3-28(31(37)33-25-13-7-8-14-25)34(21-24-11-5-4-6-12-24)30(36)22-35(29-16-10-9-15-27(29)32)40(38,39)26-19-17-23(2)18-20-26/h4-6,9-12,15-20,25,28H,3,7-8,13-14,21-22H2,1-2H3,(H,33,37)/t28-/m1/s1. The van der Waals surface area contributed by atoms with Crippen molar-refractivity contribution in [2.24, 2.45) is 0 Å². The summed E-state index contributed by atoms with van der Waals surface area (Å²) in [7, 11) is -4.32. The molecule has 1 aliphatic rings. The van der Waals surface area contributed by atoms with Crippen LogP contribution in [0.3, 0.4) is 0 Å². The van der Waals surface area contributed by atoms with Gasteiger partial charge in [-0.2, -0.15) is 0 Å². The first-order chi connectivity index (χ1) is 19.2. The predicted molar refractivity (Wildman–Crippen MR) is 154 cm³/mol. The van der Waals surface area contributed by atoms with Gasteiger partial charge in [0, 0.05) is 12.6 Å². The molecular weight excluding hydrogens is 529 g/mol. The number of benzene rings is 3.